The highest BCUT2D eigenvalue weighted by atomic mass is 19.4. The van der Waals surface area contributed by atoms with Gasteiger partial charge in [-0.15, -0.1) is 0 Å². The molecule has 0 aliphatic carbocycles. The van der Waals surface area contributed by atoms with Gasteiger partial charge < -0.3 is 15.4 Å². The summed E-state index contributed by atoms with van der Waals surface area (Å²) >= 11 is 0. The summed E-state index contributed by atoms with van der Waals surface area (Å²) < 4.78 is 31.7. The topological polar surface area (TPSA) is 95.1 Å². The number of halogens is 3. The minimum absolute atomic E-state index is 0.00153. The lowest BCUT2D eigenvalue weighted by atomic mass is 9.93. The Bertz CT molecular complexity index is 1410. The lowest BCUT2D eigenvalue weighted by Gasteiger charge is -2.12. The van der Waals surface area contributed by atoms with Gasteiger partial charge in [0.05, 0.1) is 11.3 Å². The van der Waals surface area contributed by atoms with Gasteiger partial charge in [-0.25, -0.2) is 4.79 Å². The lowest BCUT2D eigenvalue weighted by molar-refractivity contribution is -0.192. The number of hydrogen-bond acceptors (Lipinski definition) is 3. The molecule has 2 aromatic carbocycles. The molecular weight excluding hydrogens is 495 g/mol. The summed E-state index contributed by atoms with van der Waals surface area (Å²) in [4.78, 5) is 29.0. The van der Waals surface area contributed by atoms with Gasteiger partial charge in [0.15, 0.2) is 0 Å². The number of carboxylic acid groups (broad SMARTS) is 1. The Morgan fingerprint density at radius 2 is 1.71 bits per heavy atom. The molecule has 196 valence electrons. The van der Waals surface area contributed by atoms with Gasteiger partial charge in [-0.3, -0.25) is 9.78 Å². The van der Waals surface area contributed by atoms with E-state index >= 15 is 0 Å². The van der Waals surface area contributed by atoms with Crippen LogP contribution in [0, 0.1) is 0 Å². The fourth-order valence-electron chi connectivity index (χ4n) is 4.27. The fourth-order valence-corrected chi connectivity index (χ4v) is 4.27. The van der Waals surface area contributed by atoms with E-state index in [9.17, 15) is 18.0 Å². The number of H-pyrrole nitrogens is 1. The van der Waals surface area contributed by atoms with Gasteiger partial charge in [-0.2, -0.15) is 13.2 Å². The average molecular weight is 522 g/mol. The van der Waals surface area contributed by atoms with Crippen LogP contribution in [0.1, 0.15) is 40.0 Å². The zero-order valence-corrected chi connectivity index (χ0v) is 20.5. The summed E-state index contributed by atoms with van der Waals surface area (Å²) in [5.41, 5.74) is 8.45. The molecule has 1 aliphatic heterocycles. The first-order valence-corrected chi connectivity index (χ1v) is 12.0. The van der Waals surface area contributed by atoms with Crippen LogP contribution in [0.5, 0.6) is 0 Å². The number of rotatable bonds is 5. The third kappa shape index (κ3) is 6.47. The number of aromatic amines is 1. The molecule has 4 aromatic rings. The number of benzene rings is 2. The third-order valence-corrected chi connectivity index (χ3v) is 6.28. The van der Waals surface area contributed by atoms with Gasteiger partial charge in [-0.05, 0) is 41.7 Å². The molecule has 0 saturated heterocycles. The molecule has 0 spiro atoms. The molecule has 0 fully saturated rings. The van der Waals surface area contributed by atoms with Gasteiger partial charge in [0, 0.05) is 41.7 Å². The molecule has 1 amide bonds. The average Bonchev–Trinajstić information content (AvgIpc) is 3.36. The molecule has 1 atom stereocenters. The summed E-state index contributed by atoms with van der Waals surface area (Å²) in [5.74, 6) is -2.28. The second-order valence-electron chi connectivity index (χ2n) is 9.03. The first-order chi connectivity index (χ1) is 18.1. The quantitative estimate of drug-likeness (QED) is 0.300. The SMILES string of the molecule is C[C@@H](Cc1ccc(-c2cc(-c3cc4c([nH]3)CCNC4=O)ccn2)cc1)c1ccccc1.O=C(O)C(F)(F)F. The maximum atomic E-state index is 12.1. The molecule has 0 unspecified atom stereocenters. The highest BCUT2D eigenvalue weighted by Crippen LogP contribution is 2.28. The number of nitrogens with one attached hydrogen (secondary N) is 2. The molecule has 0 saturated carbocycles. The fraction of sp³-hybridized carbons (Fsp3) is 0.207. The van der Waals surface area contributed by atoms with E-state index in [-0.39, 0.29) is 5.91 Å². The molecule has 0 bridgehead atoms. The second-order valence-corrected chi connectivity index (χ2v) is 9.03. The van der Waals surface area contributed by atoms with E-state index in [0.29, 0.717) is 12.5 Å². The molecule has 2 aromatic heterocycles. The number of carbonyl (C=O) groups excluding carboxylic acids is 1. The van der Waals surface area contributed by atoms with Crippen molar-refractivity contribution in [1.29, 1.82) is 0 Å². The van der Waals surface area contributed by atoms with Crippen LogP contribution in [0.4, 0.5) is 13.2 Å². The van der Waals surface area contributed by atoms with E-state index < -0.39 is 12.1 Å². The molecule has 5 rings (SSSR count). The van der Waals surface area contributed by atoms with Gasteiger partial charge >= 0.3 is 12.1 Å². The summed E-state index contributed by atoms with van der Waals surface area (Å²) in [6.07, 6.45) is -1.41. The van der Waals surface area contributed by atoms with Crippen molar-refractivity contribution in [1.82, 2.24) is 15.3 Å². The van der Waals surface area contributed by atoms with E-state index in [4.69, 9.17) is 9.90 Å². The van der Waals surface area contributed by atoms with E-state index in [0.717, 1.165) is 46.6 Å². The number of nitrogens with zero attached hydrogens (tertiary/aromatic N) is 1. The Hall–Kier alpha value is -4.40. The Kier molecular flexibility index (Phi) is 7.95. The van der Waals surface area contributed by atoms with Gasteiger partial charge in [0.1, 0.15) is 0 Å². The Morgan fingerprint density at radius 3 is 2.34 bits per heavy atom. The number of pyridine rings is 1. The van der Waals surface area contributed by atoms with E-state index in [2.05, 4.69) is 82.9 Å². The Labute approximate surface area is 217 Å². The van der Waals surface area contributed by atoms with Crippen molar-refractivity contribution in [3.63, 3.8) is 0 Å². The summed E-state index contributed by atoms with van der Waals surface area (Å²) in [6, 6.07) is 25.3. The van der Waals surface area contributed by atoms with Crippen LogP contribution in [-0.2, 0) is 17.6 Å². The van der Waals surface area contributed by atoms with Gasteiger partial charge in [0.25, 0.3) is 5.91 Å². The molecule has 3 N–H and O–H groups in total. The summed E-state index contributed by atoms with van der Waals surface area (Å²) in [5, 5.41) is 10.0. The minimum atomic E-state index is -5.08. The number of carbonyl (C=O) groups is 2. The smallest absolute Gasteiger partial charge is 0.475 e. The maximum absolute atomic E-state index is 12.1. The highest BCUT2D eigenvalue weighted by molar-refractivity contribution is 5.97. The number of fused-ring (bicyclic) bond motifs is 1. The summed E-state index contributed by atoms with van der Waals surface area (Å²) in [7, 11) is 0. The number of aliphatic carboxylic acids is 1. The number of aromatic nitrogens is 2. The van der Waals surface area contributed by atoms with Crippen molar-refractivity contribution in [2.24, 2.45) is 0 Å². The number of amides is 1. The van der Waals surface area contributed by atoms with Crippen molar-refractivity contribution in [3.05, 3.63) is 101 Å². The normalized spacial score (nSPS) is 13.5. The summed E-state index contributed by atoms with van der Waals surface area (Å²) in [6.45, 7) is 2.95. The predicted molar refractivity (Wildman–Crippen MR) is 138 cm³/mol. The van der Waals surface area contributed by atoms with Crippen LogP contribution in [0.2, 0.25) is 0 Å². The number of carboxylic acids is 1. The van der Waals surface area contributed by atoms with Crippen LogP contribution in [-0.4, -0.2) is 39.7 Å². The zero-order valence-electron chi connectivity index (χ0n) is 20.5. The lowest BCUT2D eigenvalue weighted by Crippen LogP contribution is -2.31. The minimum Gasteiger partial charge on any atom is -0.475 e. The standard InChI is InChI=1S/C27H25N3O.C2HF3O2/c1-18(20-5-3-2-4-6-20)15-19-7-9-21(10-8-19)25-16-22(11-13-28-25)26-17-23-24(30-26)12-14-29-27(23)31;3-2(4,5)1(6)7/h2-11,13,16-18,30H,12,14-15H2,1H3,(H,29,31);(H,6,7)/t18-;/m0./s1. The number of hydrogen-bond donors (Lipinski definition) is 3. The van der Waals surface area contributed by atoms with Crippen molar-refractivity contribution in [3.8, 4) is 22.5 Å². The monoisotopic (exact) mass is 521 g/mol. The van der Waals surface area contributed by atoms with Crippen molar-refractivity contribution in [2.45, 2.75) is 31.9 Å². The van der Waals surface area contributed by atoms with Gasteiger partial charge in [-0.1, -0.05) is 61.5 Å². The number of alkyl halides is 3. The molecular formula is C29H26F3N3O3. The van der Waals surface area contributed by atoms with Crippen LogP contribution in [0.25, 0.3) is 22.5 Å². The van der Waals surface area contributed by atoms with Crippen molar-refractivity contribution in [2.75, 3.05) is 6.54 Å². The van der Waals surface area contributed by atoms with Crippen LogP contribution in [0.3, 0.4) is 0 Å². The van der Waals surface area contributed by atoms with E-state index in [1.54, 1.807) is 0 Å². The maximum Gasteiger partial charge on any atom is 0.490 e. The molecule has 38 heavy (non-hydrogen) atoms. The molecule has 3 heterocycles. The molecule has 1 aliphatic rings. The first-order valence-electron chi connectivity index (χ1n) is 12.0. The van der Waals surface area contributed by atoms with Crippen LogP contribution >= 0.6 is 0 Å². The predicted octanol–water partition coefficient (Wildman–Crippen LogP) is 6.01. The van der Waals surface area contributed by atoms with Gasteiger partial charge in [0.2, 0.25) is 0 Å². The molecule has 6 nitrogen and oxygen atoms in total. The van der Waals surface area contributed by atoms with E-state index in [1.807, 2.05) is 18.3 Å². The Balaban J connectivity index is 0.000000426. The van der Waals surface area contributed by atoms with Crippen LogP contribution in [0.15, 0.2) is 79.0 Å². The molecule has 0 radical (unpaired) electrons. The van der Waals surface area contributed by atoms with E-state index in [1.165, 1.54) is 11.1 Å². The van der Waals surface area contributed by atoms with Crippen LogP contribution < -0.4 is 5.32 Å². The first kappa shape index (κ1) is 26.7. The zero-order chi connectivity index (χ0) is 27.3. The van der Waals surface area contributed by atoms with Crippen molar-refractivity contribution < 1.29 is 27.9 Å². The second kappa shape index (κ2) is 11.3. The van der Waals surface area contributed by atoms with Crippen molar-refractivity contribution >= 4 is 11.9 Å². The largest absolute Gasteiger partial charge is 0.490 e. The molecule has 9 heteroatoms. The highest BCUT2D eigenvalue weighted by Gasteiger charge is 2.38. The Morgan fingerprint density at radius 1 is 1.03 bits per heavy atom. The third-order valence-electron chi connectivity index (χ3n) is 6.28.